The smallest absolute Gasteiger partial charge is 0.223 e. The number of hydrogen-bond acceptors (Lipinski definition) is 2. The second-order valence-corrected chi connectivity index (χ2v) is 16.6. The first kappa shape index (κ1) is 24.4. The van der Waals surface area contributed by atoms with Gasteiger partial charge in [-0.25, -0.2) is 0 Å². The molecule has 0 aliphatic heterocycles. The van der Waals surface area contributed by atoms with Crippen LogP contribution in [0.3, 0.4) is 0 Å². The third-order valence-electron chi connectivity index (χ3n) is 5.03. The number of rotatable bonds is 5. The molecule has 0 saturated heterocycles. The standard InChI is InChI=1S/C20H46O2Si2/c1-17(2,3)15(18(4,5)6)23(13)21-22-24(14)16(19(7,8)9)20(10,11)12/h15-16,23-24H,1-14H3. The van der Waals surface area contributed by atoms with Gasteiger partial charge >= 0.3 is 0 Å². The summed E-state index contributed by atoms with van der Waals surface area (Å²) < 4.78 is 12.4. The van der Waals surface area contributed by atoms with Crippen LogP contribution in [0.5, 0.6) is 0 Å². The molecule has 0 radical (unpaired) electrons. The summed E-state index contributed by atoms with van der Waals surface area (Å²) in [6, 6.07) is 0. The lowest BCUT2D eigenvalue weighted by molar-refractivity contribution is -0.123. The van der Waals surface area contributed by atoms with E-state index in [4.69, 9.17) is 9.15 Å². The summed E-state index contributed by atoms with van der Waals surface area (Å²) in [6.45, 7) is 32.7. The van der Waals surface area contributed by atoms with Crippen molar-refractivity contribution < 1.29 is 9.15 Å². The highest BCUT2D eigenvalue weighted by Gasteiger charge is 2.44. The predicted molar refractivity (Wildman–Crippen MR) is 114 cm³/mol. The quantitative estimate of drug-likeness (QED) is 0.308. The highest BCUT2D eigenvalue weighted by molar-refractivity contribution is 6.55. The van der Waals surface area contributed by atoms with Crippen molar-refractivity contribution in [3.05, 3.63) is 0 Å². The zero-order valence-electron chi connectivity index (χ0n) is 19.1. The maximum absolute atomic E-state index is 6.19. The minimum Gasteiger partial charge on any atom is -0.302 e. The summed E-state index contributed by atoms with van der Waals surface area (Å²) in [5.41, 5.74) is 2.09. The molecule has 2 atom stereocenters. The van der Waals surface area contributed by atoms with E-state index < -0.39 is 18.1 Å². The van der Waals surface area contributed by atoms with E-state index in [0.717, 1.165) is 0 Å². The van der Waals surface area contributed by atoms with Crippen molar-refractivity contribution in [2.24, 2.45) is 21.7 Å². The lowest BCUT2D eigenvalue weighted by Crippen LogP contribution is -2.43. The molecule has 0 bridgehead atoms. The fourth-order valence-electron chi connectivity index (χ4n) is 5.70. The van der Waals surface area contributed by atoms with Gasteiger partial charge in [0, 0.05) is 0 Å². The Balaban J connectivity index is 5.16. The second-order valence-electron chi connectivity index (χ2n) is 12.0. The van der Waals surface area contributed by atoms with E-state index in [1.54, 1.807) is 0 Å². The van der Waals surface area contributed by atoms with Gasteiger partial charge in [-0.2, -0.15) is 0 Å². The minimum absolute atomic E-state index is 0.242. The van der Waals surface area contributed by atoms with Crippen LogP contribution in [-0.4, -0.2) is 18.1 Å². The maximum Gasteiger partial charge on any atom is 0.223 e. The molecule has 2 unspecified atom stereocenters. The summed E-state index contributed by atoms with van der Waals surface area (Å²) in [7, 11) is -2.92. The molecule has 0 aliphatic rings. The summed E-state index contributed by atoms with van der Waals surface area (Å²) in [4.78, 5) is 0. The molecule has 0 N–H and O–H groups in total. The Morgan fingerprint density at radius 3 is 0.750 bits per heavy atom. The van der Waals surface area contributed by atoms with Crippen LogP contribution >= 0.6 is 0 Å². The van der Waals surface area contributed by atoms with E-state index in [1.807, 2.05) is 0 Å². The van der Waals surface area contributed by atoms with Gasteiger partial charge in [0.25, 0.3) is 0 Å². The Kier molecular flexibility index (Phi) is 8.05. The molecule has 0 aromatic carbocycles. The van der Waals surface area contributed by atoms with Crippen LogP contribution in [0, 0.1) is 21.7 Å². The van der Waals surface area contributed by atoms with Gasteiger partial charge in [0.05, 0.1) is 0 Å². The summed E-state index contributed by atoms with van der Waals surface area (Å²) >= 11 is 0. The molecular weight excluding hydrogens is 328 g/mol. The predicted octanol–water partition coefficient (Wildman–Crippen LogP) is 6.57. The van der Waals surface area contributed by atoms with Crippen LogP contribution in [0.4, 0.5) is 0 Å². The third-order valence-corrected chi connectivity index (χ3v) is 12.0. The molecule has 146 valence electrons. The summed E-state index contributed by atoms with van der Waals surface area (Å²) in [5.74, 6) is 0. The monoisotopic (exact) mass is 374 g/mol. The molecule has 0 heterocycles. The van der Waals surface area contributed by atoms with Crippen LogP contribution < -0.4 is 0 Å². The first-order chi connectivity index (χ1) is 10.3. The first-order valence-corrected chi connectivity index (χ1v) is 14.2. The first-order valence-electron chi connectivity index (χ1n) is 9.61. The van der Waals surface area contributed by atoms with Crippen molar-refractivity contribution in [2.75, 3.05) is 0 Å². The Bertz CT molecular complexity index is 314. The molecule has 24 heavy (non-hydrogen) atoms. The summed E-state index contributed by atoms with van der Waals surface area (Å²) in [6.07, 6.45) is 0. The van der Waals surface area contributed by atoms with Crippen LogP contribution in [-0.2, 0) is 9.15 Å². The molecular formula is C20H46O2Si2. The molecule has 0 rings (SSSR count). The Hall–Kier alpha value is 0.354. The van der Waals surface area contributed by atoms with Gasteiger partial charge in [-0.3, -0.25) is 0 Å². The van der Waals surface area contributed by atoms with E-state index in [0.29, 0.717) is 11.1 Å². The summed E-state index contributed by atoms with van der Waals surface area (Å²) in [5, 5.41) is 0. The fraction of sp³-hybridized carbons (Fsp3) is 1.00. The van der Waals surface area contributed by atoms with Gasteiger partial charge in [0.2, 0.25) is 18.1 Å². The van der Waals surface area contributed by atoms with Crippen LogP contribution in [0.25, 0.3) is 0 Å². The average Bonchev–Trinajstić information content (AvgIpc) is 2.17. The molecule has 2 nitrogen and oxygen atoms in total. The van der Waals surface area contributed by atoms with E-state index in [2.05, 4.69) is 96.2 Å². The van der Waals surface area contributed by atoms with Crippen molar-refractivity contribution in [3.8, 4) is 0 Å². The van der Waals surface area contributed by atoms with E-state index in [-0.39, 0.29) is 21.7 Å². The molecule has 0 fully saturated rings. The van der Waals surface area contributed by atoms with Gasteiger partial charge in [-0.05, 0) is 45.8 Å². The largest absolute Gasteiger partial charge is 0.302 e. The molecule has 0 aliphatic carbocycles. The topological polar surface area (TPSA) is 18.5 Å². The highest BCUT2D eigenvalue weighted by atomic mass is 28.3. The Labute approximate surface area is 156 Å². The molecule has 0 amide bonds. The molecule has 0 saturated carbocycles. The van der Waals surface area contributed by atoms with E-state index >= 15 is 0 Å². The van der Waals surface area contributed by atoms with Gasteiger partial charge < -0.3 is 9.15 Å². The molecule has 0 spiro atoms. The van der Waals surface area contributed by atoms with Crippen molar-refractivity contribution >= 4 is 18.1 Å². The minimum atomic E-state index is -1.46. The molecule has 4 heteroatoms. The Morgan fingerprint density at radius 1 is 0.458 bits per heavy atom. The average molecular weight is 375 g/mol. The number of hydrogen-bond donors (Lipinski definition) is 0. The lowest BCUT2D eigenvalue weighted by atomic mass is 9.76. The Morgan fingerprint density at radius 2 is 0.625 bits per heavy atom. The lowest BCUT2D eigenvalue weighted by Gasteiger charge is -2.45. The molecule has 0 aromatic heterocycles. The van der Waals surface area contributed by atoms with Crippen molar-refractivity contribution in [3.63, 3.8) is 0 Å². The highest BCUT2D eigenvalue weighted by Crippen LogP contribution is 2.49. The van der Waals surface area contributed by atoms with Crippen LogP contribution in [0.2, 0.25) is 24.2 Å². The van der Waals surface area contributed by atoms with Crippen molar-refractivity contribution in [1.82, 2.24) is 0 Å². The van der Waals surface area contributed by atoms with Gasteiger partial charge in [0.1, 0.15) is 0 Å². The van der Waals surface area contributed by atoms with E-state index in [1.165, 1.54) is 0 Å². The van der Waals surface area contributed by atoms with Crippen LogP contribution in [0.1, 0.15) is 83.1 Å². The normalized spacial score (nSPS) is 17.5. The van der Waals surface area contributed by atoms with Gasteiger partial charge in [-0.15, -0.1) is 0 Å². The maximum atomic E-state index is 6.19. The zero-order valence-corrected chi connectivity index (χ0v) is 21.4. The SMILES string of the molecule is C[SiH](OO[SiH](C)C(C(C)(C)C)C(C)(C)C)C(C(C)(C)C)C(C)(C)C. The van der Waals surface area contributed by atoms with Crippen molar-refractivity contribution in [2.45, 2.75) is 107 Å². The molecule has 0 aromatic rings. The zero-order chi connectivity index (χ0) is 19.7. The fourth-order valence-corrected chi connectivity index (χ4v) is 13.0. The van der Waals surface area contributed by atoms with Crippen molar-refractivity contribution in [1.29, 1.82) is 0 Å². The van der Waals surface area contributed by atoms with Gasteiger partial charge in [0.15, 0.2) is 0 Å². The van der Waals surface area contributed by atoms with Crippen LogP contribution in [0.15, 0.2) is 0 Å². The second kappa shape index (κ2) is 7.93. The van der Waals surface area contributed by atoms with E-state index in [9.17, 15) is 0 Å². The van der Waals surface area contributed by atoms with Gasteiger partial charge in [-0.1, -0.05) is 83.1 Å². The third kappa shape index (κ3) is 7.31.